The minimum atomic E-state index is -0.0818. The molecule has 0 heterocycles. The average molecular weight is 154 g/mol. The lowest BCUT2D eigenvalue weighted by atomic mass is 10.5. The van der Waals surface area contributed by atoms with Gasteiger partial charge in [-0.15, -0.1) is 0 Å². The molecule has 54 valence electrons. The van der Waals surface area contributed by atoms with Gasteiger partial charge < -0.3 is 0 Å². The monoisotopic (exact) mass is 154 g/mol. The fourth-order valence-corrected chi connectivity index (χ4v) is 1.89. The quantitative estimate of drug-likeness (QED) is 0.566. The third-order valence-corrected chi connectivity index (χ3v) is 3.34. The minimum Gasteiger partial charge on any atom is -0.191 e. The van der Waals surface area contributed by atoms with Crippen molar-refractivity contribution in [3.8, 4) is 12.1 Å². The van der Waals surface area contributed by atoms with Gasteiger partial charge in [0, 0.05) is 0 Å². The Kier molecular flexibility index (Phi) is 4.62. The SMILES string of the molecule is CCS(CC)=C(C#N)C#N. The van der Waals surface area contributed by atoms with Gasteiger partial charge in [0.25, 0.3) is 0 Å². The minimum absolute atomic E-state index is 0.0818. The zero-order valence-electron chi connectivity index (χ0n) is 6.22. The first-order chi connectivity index (χ1) is 4.79. The van der Waals surface area contributed by atoms with Crippen molar-refractivity contribution in [2.24, 2.45) is 0 Å². The molecule has 0 saturated heterocycles. The maximum Gasteiger partial charge on any atom is 0.153 e. The molecule has 0 aliphatic heterocycles. The maximum absolute atomic E-state index is 8.46. The van der Waals surface area contributed by atoms with E-state index in [-0.39, 0.29) is 10.5 Å². The number of nitriles is 2. The van der Waals surface area contributed by atoms with E-state index in [1.807, 2.05) is 26.0 Å². The Morgan fingerprint density at radius 3 is 1.70 bits per heavy atom. The highest BCUT2D eigenvalue weighted by molar-refractivity contribution is 8.16. The van der Waals surface area contributed by atoms with Gasteiger partial charge in [-0.1, -0.05) is 13.8 Å². The molecule has 0 fully saturated rings. The Bertz CT molecular complexity index is 195. The predicted molar refractivity (Wildman–Crippen MR) is 44.9 cm³/mol. The van der Waals surface area contributed by atoms with Gasteiger partial charge in [0.05, 0.1) is 0 Å². The Balaban J connectivity index is 4.62. The molecule has 0 rings (SSSR count). The summed E-state index contributed by atoms with van der Waals surface area (Å²) < 4.78 is 0. The molecule has 3 heteroatoms. The maximum atomic E-state index is 8.46. The van der Waals surface area contributed by atoms with E-state index in [0.717, 1.165) is 11.5 Å². The molecule has 0 radical (unpaired) electrons. The van der Waals surface area contributed by atoms with Crippen LogP contribution in [0.2, 0.25) is 0 Å². The largest absolute Gasteiger partial charge is 0.191 e. The number of rotatable bonds is 2. The van der Waals surface area contributed by atoms with Crippen LogP contribution in [0, 0.1) is 22.7 Å². The third kappa shape index (κ3) is 2.21. The smallest absolute Gasteiger partial charge is 0.153 e. The summed E-state index contributed by atoms with van der Waals surface area (Å²) in [6.07, 6.45) is 0. The Morgan fingerprint density at radius 2 is 1.60 bits per heavy atom. The fraction of sp³-hybridized carbons (Fsp3) is 0.571. The normalized spacial score (nSPS) is 8.50. The Morgan fingerprint density at radius 1 is 1.20 bits per heavy atom. The first-order valence-electron chi connectivity index (χ1n) is 3.14. The van der Waals surface area contributed by atoms with E-state index in [2.05, 4.69) is 0 Å². The molecule has 0 spiro atoms. The highest BCUT2D eigenvalue weighted by Crippen LogP contribution is 2.12. The Hall–Kier alpha value is -0.800. The van der Waals surface area contributed by atoms with Gasteiger partial charge in [-0.05, 0) is 11.5 Å². The molecule has 0 atom stereocenters. The lowest BCUT2D eigenvalue weighted by Crippen LogP contribution is -1.93. The molecule has 0 aromatic heterocycles. The van der Waals surface area contributed by atoms with Gasteiger partial charge >= 0.3 is 0 Å². The van der Waals surface area contributed by atoms with E-state index in [1.54, 1.807) is 0 Å². The number of hydrogen-bond donors (Lipinski definition) is 0. The van der Waals surface area contributed by atoms with Gasteiger partial charge in [0.1, 0.15) is 12.1 Å². The van der Waals surface area contributed by atoms with Crippen LogP contribution >= 0.6 is 10.5 Å². The van der Waals surface area contributed by atoms with Crippen molar-refractivity contribution in [2.45, 2.75) is 13.8 Å². The summed E-state index contributed by atoms with van der Waals surface area (Å²) in [4.78, 5) is 0.394. The van der Waals surface area contributed by atoms with Crippen LogP contribution in [0.4, 0.5) is 0 Å². The van der Waals surface area contributed by atoms with Crippen molar-refractivity contribution in [1.29, 1.82) is 10.5 Å². The third-order valence-electron chi connectivity index (χ3n) is 1.19. The van der Waals surface area contributed by atoms with Gasteiger partial charge in [0.15, 0.2) is 4.86 Å². The lowest BCUT2D eigenvalue weighted by Gasteiger charge is -1.99. The van der Waals surface area contributed by atoms with Crippen molar-refractivity contribution >= 4 is 15.3 Å². The molecule has 0 aromatic rings. The molecule has 0 aliphatic rings. The first kappa shape index (κ1) is 9.20. The van der Waals surface area contributed by atoms with Crippen LogP contribution in [-0.2, 0) is 0 Å². The van der Waals surface area contributed by atoms with E-state index in [0.29, 0.717) is 4.86 Å². The zero-order valence-corrected chi connectivity index (χ0v) is 7.03. The standard InChI is InChI=1S/C7H10N2S/c1-3-10(4-2)7(5-8)6-9/h3-4H2,1-2H3. The van der Waals surface area contributed by atoms with Gasteiger partial charge in [-0.3, -0.25) is 0 Å². The summed E-state index contributed by atoms with van der Waals surface area (Å²) in [7, 11) is -0.0818. The second kappa shape index (κ2) is 5.02. The molecule has 0 unspecified atom stereocenters. The molecule has 0 saturated carbocycles. The van der Waals surface area contributed by atoms with Crippen molar-refractivity contribution in [1.82, 2.24) is 0 Å². The fourth-order valence-electron chi connectivity index (χ4n) is 0.647. The van der Waals surface area contributed by atoms with Crippen molar-refractivity contribution < 1.29 is 0 Å². The molecule has 0 amide bonds. The summed E-state index contributed by atoms with van der Waals surface area (Å²) in [6.45, 7) is 4.00. The summed E-state index contributed by atoms with van der Waals surface area (Å²) in [5, 5.41) is 16.9. The summed E-state index contributed by atoms with van der Waals surface area (Å²) >= 11 is 0. The van der Waals surface area contributed by atoms with Crippen molar-refractivity contribution in [3.05, 3.63) is 0 Å². The van der Waals surface area contributed by atoms with Crippen LogP contribution in [0.3, 0.4) is 0 Å². The molecule has 2 nitrogen and oxygen atoms in total. The van der Waals surface area contributed by atoms with Crippen LogP contribution in [0.1, 0.15) is 13.8 Å². The molecule has 0 aliphatic carbocycles. The lowest BCUT2D eigenvalue weighted by molar-refractivity contribution is 1.46. The second-order valence-electron chi connectivity index (χ2n) is 1.62. The summed E-state index contributed by atoms with van der Waals surface area (Å²) in [5.74, 6) is 1.82. The number of nitrogens with zero attached hydrogens (tertiary/aromatic N) is 2. The molecule has 0 aromatic carbocycles. The van der Waals surface area contributed by atoms with Crippen LogP contribution in [0.25, 0.3) is 0 Å². The van der Waals surface area contributed by atoms with Crippen molar-refractivity contribution in [3.63, 3.8) is 0 Å². The highest BCUT2D eigenvalue weighted by Gasteiger charge is 1.97. The van der Waals surface area contributed by atoms with Gasteiger partial charge in [-0.25, -0.2) is 0 Å². The van der Waals surface area contributed by atoms with Crippen LogP contribution in [-0.4, -0.2) is 16.4 Å². The molecule has 10 heavy (non-hydrogen) atoms. The second-order valence-corrected chi connectivity index (χ2v) is 4.17. The van der Waals surface area contributed by atoms with E-state index < -0.39 is 0 Å². The van der Waals surface area contributed by atoms with Crippen LogP contribution < -0.4 is 0 Å². The highest BCUT2D eigenvalue weighted by atomic mass is 32.2. The van der Waals surface area contributed by atoms with E-state index in [9.17, 15) is 0 Å². The predicted octanol–water partition coefficient (Wildman–Crippen LogP) is 1.51. The van der Waals surface area contributed by atoms with Gasteiger partial charge in [0.2, 0.25) is 0 Å². The van der Waals surface area contributed by atoms with E-state index >= 15 is 0 Å². The van der Waals surface area contributed by atoms with E-state index in [1.165, 1.54) is 0 Å². The molecular formula is C7H10N2S. The average Bonchev–Trinajstić information content (AvgIpc) is 2.00. The van der Waals surface area contributed by atoms with Crippen LogP contribution in [0.5, 0.6) is 0 Å². The summed E-state index contributed by atoms with van der Waals surface area (Å²) in [6, 6.07) is 3.84. The van der Waals surface area contributed by atoms with Crippen LogP contribution in [0.15, 0.2) is 0 Å². The Labute approximate surface area is 64.0 Å². The molecule has 0 bridgehead atoms. The van der Waals surface area contributed by atoms with Gasteiger partial charge in [-0.2, -0.15) is 21.0 Å². The number of hydrogen-bond acceptors (Lipinski definition) is 2. The topological polar surface area (TPSA) is 47.6 Å². The molecular weight excluding hydrogens is 144 g/mol. The zero-order chi connectivity index (χ0) is 7.98. The summed E-state index contributed by atoms with van der Waals surface area (Å²) in [5.41, 5.74) is 0. The molecule has 0 N–H and O–H groups in total. The van der Waals surface area contributed by atoms with Crippen molar-refractivity contribution in [2.75, 3.05) is 11.5 Å². The first-order valence-corrected chi connectivity index (χ1v) is 4.71. The van der Waals surface area contributed by atoms with E-state index in [4.69, 9.17) is 10.5 Å².